The highest BCUT2D eigenvalue weighted by Gasteiger charge is 2.12. The Morgan fingerprint density at radius 2 is 1.83 bits per heavy atom. The SMILES string of the molecule is Cc1cnc(C(=O)OCC(=O)Nc2ccc(S(N)(=O)=O)cc2)cn1. The minimum atomic E-state index is -3.80. The predicted octanol–water partition coefficient (Wildman–Crippen LogP) is 0.228. The number of rotatable bonds is 5. The fraction of sp³-hybridized carbons (Fsp3) is 0.143. The summed E-state index contributed by atoms with van der Waals surface area (Å²) in [5.41, 5.74) is 0.969. The number of nitrogens with one attached hydrogen (secondary N) is 1. The Morgan fingerprint density at radius 1 is 1.17 bits per heavy atom. The Hall–Kier alpha value is -2.85. The number of sulfonamides is 1. The van der Waals surface area contributed by atoms with Gasteiger partial charge >= 0.3 is 5.97 Å². The molecule has 126 valence electrons. The molecule has 0 fully saturated rings. The molecule has 24 heavy (non-hydrogen) atoms. The Bertz CT molecular complexity index is 848. The van der Waals surface area contributed by atoms with Gasteiger partial charge in [-0.25, -0.2) is 23.3 Å². The lowest BCUT2D eigenvalue weighted by Crippen LogP contribution is -2.21. The van der Waals surface area contributed by atoms with Crippen LogP contribution in [0.5, 0.6) is 0 Å². The second kappa shape index (κ2) is 7.15. The Balaban J connectivity index is 1.89. The van der Waals surface area contributed by atoms with Crippen LogP contribution in [0.2, 0.25) is 0 Å². The number of aromatic nitrogens is 2. The number of benzene rings is 1. The highest BCUT2D eigenvalue weighted by molar-refractivity contribution is 7.89. The van der Waals surface area contributed by atoms with Crippen LogP contribution < -0.4 is 10.5 Å². The minimum Gasteiger partial charge on any atom is -0.451 e. The molecular weight excluding hydrogens is 336 g/mol. The van der Waals surface area contributed by atoms with Crippen molar-refractivity contribution in [2.75, 3.05) is 11.9 Å². The van der Waals surface area contributed by atoms with Gasteiger partial charge in [0.05, 0.1) is 16.8 Å². The zero-order chi connectivity index (χ0) is 17.7. The van der Waals surface area contributed by atoms with Crippen LogP contribution >= 0.6 is 0 Å². The number of amides is 1. The largest absolute Gasteiger partial charge is 0.451 e. The first-order valence-electron chi connectivity index (χ1n) is 6.64. The molecule has 9 nitrogen and oxygen atoms in total. The molecule has 10 heteroatoms. The second-order valence-corrected chi connectivity index (χ2v) is 6.30. The van der Waals surface area contributed by atoms with Gasteiger partial charge in [-0.1, -0.05) is 0 Å². The van der Waals surface area contributed by atoms with Crippen molar-refractivity contribution < 1.29 is 22.7 Å². The van der Waals surface area contributed by atoms with Gasteiger partial charge in [0, 0.05) is 11.9 Å². The molecule has 2 rings (SSSR count). The third kappa shape index (κ3) is 4.83. The third-order valence-corrected chi connectivity index (χ3v) is 3.72. The third-order valence-electron chi connectivity index (χ3n) is 2.79. The van der Waals surface area contributed by atoms with E-state index >= 15 is 0 Å². The van der Waals surface area contributed by atoms with Crippen molar-refractivity contribution in [3.8, 4) is 0 Å². The fourth-order valence-electron chi connectivity index (χ4n) is 1.63. The van der Waals surface area contributed by atoms with Crippen molar-refractivity contribution in [2.24, 2.45) is 5.14 Å². The van der Waals surface area contributed by atoms with E-state index in [1.54, 1.807) is 6.92 Å². The molecule has 2 aromatic rings. The Labute approximate surface area is 137 Å². The monoisotopic (exact) mass is 350 g/mol. The molecule has 3 N–H and O–H groups in total. The normalized spacial score (nSPS) is 10.9. The number of aryl methyl sites for hydroxylation is 1. The highest BCUT2D eigenvalue weighted by Crippen LogP contribution is 2.12. The summed E-state index contributed by atoms with van der Waals surface area (Å²) in [5, 5.41) is 7.42. The molecule has 0 aliphatic carbocycles. The van der Waals surface area contributed by atoms with Crippen molar-refractivity contribution in [3.63, 3.8) is 0 Å². The average Bonchev–Trinajstić information content (AvgIpc) is 2.53. The first-order valence-corrected chi connectivity index (χ1v) is 8.19. The van der Waals surface area contributed by atoms with Crippen LogP contribution in [0.25, 0.3) is 0 Å². The summed E-state index contributed by atoms with van der Waals surface area (Å²) >= 11 is 0. The van der Waals surface area contributed by atoms with Crippen LogP contribution in [0.15, 0.2) is 41.6 Å². The van der Waals surface area contributed by atoms with Gasteiger partial charge in [0.15, 0.2) is 12.3 Å². The Kier molecular flexibility index (Phi) is 5.21. The summed E-state index contributed by atoms with van der Waals surface area (Å²) in [4.78, 5) is 31.1. The minimum absolute atomic E-state index is 0.00842. The number of primary sulfonamides is 1. The summed E-state index contributed by atoms with van der Waals surface area (Å²) in [6.07, 6.45) is 2.66. The van der Waals surface area contributed by atoms with E-state index < -0.39 is 28.5 Å². The van der Waals surface area contributed by atoms with Crippen molar-refractivity contribution in [1.82, 2.24) is 9.97 Å². The molecule has 0 unspecified atom stereocenters. The first-order chi connectivity index (χ1) is 11.3. The summed E-state index contributed by atoms with van der Waals surface area (Å²) in [7, 11) is -3.80. The molecule has 0 aliphatic heterocycles. The number of hydrogen-bond acceptors (Lipinski definition) is 7. The number of esters is 1. The Morgan fingerprint density at radius 3 is 2.38 bits per heavy atom. The molecule has 1 amide bonds. The van der Waals surface area contributed by atoms with Crippen LogP contribution in [-0.4, -0.2) is 36.9 Å². The van der Waals surface area contributed by atoms with Gasteiger partial charge in [0.2, 0.25) is 10.0 Å². The zero-order valence-corrected chi connectivity index (χ0v) is 13.4. The molecule has 1 aromatic carbocycles. The highest BCUT2D eigenvalue weighted by atomic mass is 32.2. The number of nitrogens with two attached hydrogens (primary N) is 1. The van der Waals surface area contributed by atoms with Crippen LogP contribution in [0, 0.1) is 6.92 Å². The van der Waals surface area contributed by atoms with Crippen molar-refractivity contribution >= 4 is 27.6 Å². The summed E-state index contributed by atoms with van der Waals surface area (Å²) in [6, 6.07) is 5.23. The molecule has 0 radical (unpaired) electrons. The lowest BCUT2D eigenvalue weighted by molar-refractivity contribution is -0.119. The predicted molar refractivity (Wildman–Crippen MR) is 83.5 cm³/mol. The summed E-state index contributed by atoms with van der Waals surface area (Å²) in [5.74, 6) is -1.37. The second-order valence-electron chi connectivity index (χ2n) is 4.74. The number of carbonyl (C=O) groups excluding carboxylic acids is 2. The van der Waals surface area contributed by atoms with Gasteiger partial charge in [-0.2, -0.15) is 0 Å². The number of nitrogens with zero attached hydrogens (tertiary/aromatic N) is 2. The van der Waals surface area contributed by atoms with Crippen molar-refractivity contribution in [1.29, 1.82) is 0 Å². The van der Waals surface area contributed by atoms with Crippen LogP contribution in [-0.2, 0) is 19.6 Å². The van der Waals surface area contributed by atoms with E-state index in [-0.39, 0.29) is 10.6 Å². The molecule has 0 bridgehead atoms. The molecule has 1 aromatic heterocycles. The number of anilines is 1. The standard InChI is InChI=1S/C14H14N4O5S/c1-9-6-17-12(7-16-9)14(20)23-8-13(19)18-10-2-4-11(5-3-10)24(15,21)22/h2-7H,8H2,1H3,(H,18,19)(H2,15,21,22). The van der Waals surface area contributed by atoms with E-state index in [0.717, 1.165) is 0 Å². The quantitative estimate of drug-likeness (QED) is 0.735. The maximum absolute atomic E-state index is 11.7. The molecule has 0 saturated carbocycles. The van der Waals surface area contributed by atoms with E-state index in [1.165, 1.54) is 36.7 Å². The van der Waals surface area contributed by atoms with Gasteiger partial charge in [-0.15, -0.1) is 0 Å². The fourth-order valence-corrected chi connectivity index (χ4v) is 2.14. The molecule has 0 aliphatic rings. The van der Waals surface area contributed by atoms with E-state index in [9.17, 15) is 18.0 Å². The maximum atomic E-state index is 11.7. The van der Waals surface area contributed by atoms with Gasteiger partial charge in [-0.3, -0.25) is 9.78 Å². The molecule has 1 heterocycles. The zero-order valence-electron chi connectivity index (χ0n) is 12.6. The smallest absolute Gasteiger partial charge is 0.359 e. The van der Waals surface area contributed by atoms with Crippen molar-refractivity contribution in [3.05, 3.63) is 48.0 Å². The molecular formula is C14H14N4O5S. The van der Waals surface area contributed by atoms with Gasteiger partial charge in [0.1, 0.15) is 0 Å². The van der Waals surface area contributed by atoms with Gasteiger partial charge in [0.25, 0.3) is 5.91 Å². The number of hydrogen-bond donors (Lipinski definition) is 2. The van der Waals surface area contributed by atoms with E-state index in [1.807, 2.05) is 0 Å². The lowest BCUT2D eigenvalue weighted by Gasteiger charge is -2.07. The molecule has 0 saturated heterocycles. The number of carbonyl (C=O) groups is 2. The first kappa shape index (κ1) is 17.5. The van der Waals surface area contributed by atoms with Gasteiger partial charge < -0.3 is 10.1 Å². The maximum Gasteiger partial charge on any atom is 0.359 e. The number of ether oxygens (including phenoxy) is 1. The molecule has 0 spiro atoms. The van der Waals surface area contributed by atoms with E-state index in [0.29, 0.717) is 11.4 Å². The van der Waals surface area contributed by atoms with Crippen LogP contribution in [0.1, 0.15) is 16.2 Å². The summed E-state index contributed by atoms with van der Waals surface area (Å²) in [6.45, 7) is 1.20. The van der Waals surface area contributed by atoms with Crippen LogP contribution in [0.4, 0.5) is 5.69 Å². The van der Waals surface area contributed by atoms with Gasteiger partial charge in [-0.05, 0) is 31.2 Å². The lowest BCUT2D eigenvalue weighted by atomic mass is 10.3. The van der Waals surface area contributed by atoms with Crippen LogP contribution in [0.3, 0.4) is 0 Å². The van der Waals surface area contributed by atoms with Crippen molar-refractivity contribution in [2.45, 2.75) is 11.8 Å². The molecule has 0 atom stereocenters. The average molecular weight is 350 g/mol. The topological polar surface area (TPSA) is 141 Å². The van der Waals surface area contributed by atoms with E-state index in [4.69, 9.17) is 9.88 Å². The van der Waals surface area contributed by atoms with E-state index in [2.05, 4.69) is 15.3 Å². The summed E-state index contributed by atoms with van der Waals surface area (Å²) < 4.78 is 27.1.